The van der Waals surface area contributed by atoms with Gasteiger partial charge in [-0.2, -0.15) is 0 Å². The van der Waals surface area contributed by atoms with Gasteiger partial charge in [0.25, 0.3) is 0 Å². The fraction of sp³-hybridized carbons (Fsp3) is 0.308. The Morgan fingerprint density at radius 3 is 2.56 bits per heavy atom. The molecule has 1 aromatic rings. The van der Waals surface area contributed by atoms with Crippen molar-refractivity contribution < 1.29 is 14.6 Å². The van der Waals surface area contributed by atoms with Gasteiger partial charge in [0.2, 0.25) is 0 Å². The Morgan fingerprint density at radius 1 is 1.44 bits per heavy atom. The molecule has 1 N–H and O–H groups in total. The van der Waals surface area contributed by atoms with Crippen LogP contribution in [-0.4, -0.2) is 18.2 Å². The van der Waals surface area contributed by atoms with E-state index in [1.807, 2.05) is 26.0 Å². The molecule has 0 aliphatic carbocycles. The second-order valence-corrected chi connectivity index (χ2v) is 3.85. The molecule has 0 radical (unpaired) electrons. The highest BCUT2D eigenvalue weighted by molar-refractivity contribution is 5.86. The Balaban J connectivity index is 3.12. The van der Waals surface area contributed by atoms with E-state index in [1.165, 1.54) is 0 Å². The molecule has 0 saturated carbocycles. The lowest BCUT2D eigenvalue weighted by Crippen LogP contribution is -2.05. The number of aryl methyl sites for hydroxylation is 2. The van der Waals surface area contributed by atoms with Crippen molar-refractivity contribution in [3.63, 3.8) is 0 Å². The van der Waals surface area contributed by atoms with E-state index in [9.17, 15) is 4.79 Å². The van der Waals surface area contributed by atoms with Gasteiger partial charge in [0.05, 0.1) is 7.11 Å². The lowest BCUT2D eigenvalue weighted by atomic mass is 9.98. The maximum Gasteiger partial charge on any atom is 0.331 e. The summed E-state index contributed by atoms with van der Waals surface area (Å²) in [6.45, 7) is 7.46. The molecule has 16 heavy (non-hydrogen) atoms. The number of carboxylic acids is 1. The minimum absolute atomic E-state index is 0.172. The number of benzene rings is 1. The molecule has 0 amide bonds. The Hall–Kier alpha value is -1.77. The van der Waals surface area contributed by atoms with Crippen molar-refractivity contribution in [1.29, 1.82) is 0 Å². The second-order valence-electron chi connectivity index (χ2n) is 3.85. The summed E-state index contributed by atoms with van der Waals surface area (Å²) in [7, 11) is 1.58. The highest BCUT2D eigenvalue weighted by Crippen LogP contribution is 2.26. The zero-order chi connectivity index (χ0) is 12.3. The van der Waals surface area contributed by atoms with Crippen LogP contribution in [0, 0.1) is 13.8 Å². The van der Waals surface area contributed by atoms with Gasteiger partial charge in [-0.05, 0) is 31.0 Å². The summed E-state index contributed by atoms with van der Waals surface area (Å²) in [6.07, 6.45) is 0.310. The van der Waals surface area contributed by atoms with E-state index in [4.69, 9.17) is 9.84 Å². The van der Waals surface area contributed by atoms with Gasteiger partial charge in [0.15, 0.2) is 0 Å². The summed E-state index contributed by atoms with van der Waals surface area (Å²) >= 11 is 0. The molecule has 0 unspecified atom stereocenters. The SMILES string of the molecule is C=C(Cc1c(C)cc(C)cc1OC)C(=O)O. The molecule has 1 rings (SSSR count). The molecule has 3 nitrogen and oxygen atoms in total. The topological polar surface area (TPSA) is 46.5 Å². The van der Waals surface area contributed by atoms with E-state index in [0.717, 1.165) is 22.4 Å². The van der Waals surface area contributed by atoms with Crippen LogP contribution in [0.3, 0.4) is 0 Å². The molecule has 0 atom stereocenters. The van der Waals surface area contributed by atoms with Crippen molar-refractivity contribution in [3.8, 4) is 5.75 Å². The molecule has 86 valence electrons. The monoisotopic (exact) mass is 220 g/mol. The fourth-order valence-corrected chi connectivity index (χ4v) is 1.66. The van der Waals surface area contributed by atoms with Gasteiger partial charge in [-0.25, -0.2) is 4.79 Å². The maximum absolute atomic E-state index is 10.7. The van der Waals surface area contributed by atoms with E-state index in [1.54, 1.807) is 7.11 Å². The molecule has 0 spiro atoms. The van der Waals surface area contributed by atoms with Crippen molar-refractivity contribution in [2.75, 3.05) is 7.11 Å². The van der Waals surface area contributed by atoms with E-state index in [0.29, 0.717) is 6.42 Å². The van der Waals surface area contributed by atoms with Crippen LogP contribution < -0.4 is 4.74 Å². The van der Waals surface area contributed by atoms with E-state index in [2.05, 4.69) is 6.58 Å². The van der Waals surface area contributed by atoms with E-state index >= 15 is 0 Å². The fourth-order valence-electron chi connectivity index (χ4n) is 1.66. The van der Waals surface area contributed by atoms with Crippen LogP contribution in [0.4, 0.5) is 0 Å². The molecular formula is C13H16O3. The van der Waals surface area contributed by atoms with Gasteiger partial charge in [0.1, 0.15) is 5.75 Å². The van der Waals surface area contributed by atoms with Crippen molar-refractivity contribution >= 4 is 5.97 Å². The van der Waals surface area contributed by atoms with Crippen molar-refractivity contribution in [2.24, 2.45) is 0 Å². The van der Waals surface area contributed by atoms with Gasteiger partial charge < -0.3 is 9.84 Å². The first kappa shape index (κ1) is 12.3. The summed E-state index contributed by atoms with van der Waals surface area (Å²) in [6, 6.07) is 3.91. The van der Waals surface area contributed by atoms with Gasteiger partial charge in [-0.3, -0.25) is 0 Å². The zero-order valence-electron chi connectivity index (χ0n) is 9.83. The Kier molecular flexibility index (Phi) is 3.72. The number of hydrogen-bond donors (Lipinski definition) is 1. The molecule has 0 aliphatic heterocycles. The van der Waals surface area contributed by atoms with Crippen molar-refractivity contribution in [1.82, 2.24) is 0 Å². The number of ether oxygens (including phenoxy) is 1. The van der Waals surface area contributed by atoms with Gasteiger partial charge in [-0.1, -0.05) is 12.6 Å². The van der Waals surface area contributed by atoms with Crippen LogP contribution in [-0.2, 0) is 11.2 Å². The highest BCUT2D eigenvalue weighted by Gasteiger charge is 2.12. The smallest absolute Gasteiger partial charge is 0.331 e. The maximum atomic E-state index is 10.7. The number of carboxylic acid groups (broad SMARTS) is 1. The molecule has 0 bridgehead atoms. The van der Waals surface area contributed by atoms with E-state index in [-0.39, 0.29) is 5.57 Å². The van der Waals surface area contributed by atoms with Crippen LogP contribution in [0.1, 0.15) is 16.7 Å². The third-order valence-corrected chi connectivity index (χ3v) is 2.49. The van der Waals surface area contributed by atoms with E-state index < -0.39 is 5.97 Å². The lowest BCUT2D eigenvalue weighted by Gasteiger charge is -2.12. The Bertz CT molecular complexity index is 433. The molecule has 1 aromatic carbocycles. The third-order valence-electron chi connectivity index (χ3n) is 2.49. The summed E-state index contributed by atoms with van der Waals surface area (Å²) in [5.74, 6) is -0.248. The Morgan fingerprint density at radius 2 is 2.06 bits per heavy atom. The van der Waals surface area contributed by atoms with Crippen LogP contribution in [0.25, 0.3) is 0 Å². The molecule has 0 saturated heterocycles. The van der Waals surface area contributed by atoms with Crippen LogP contribution in [0.5, 0.6) is 5.75 Å². The Labute approximate surface area is 95.4 Å². The number of hydrogen-bond acceptors (Lipinski definition) is 2. The number of carbonyl (C=O) groups is 1. The normalized spacial score (nSPS) is 9.94. The first-order valence-corrected chi connectivity index (χ1v) is 5.01. The largest absolute Gasteiger partial charge is 0.496 e. The zero-order valence-corrected chi connectivity index (χ0v) is 9.83. The minimum atomic E-state index is -0.970. The molecule has 0 aliphatic rings. The van der Waals surface area contributed by atoms with Crippen molar-refractivity contribution in [3.05, 3.63) is 41.0 Å². The molecule has 0 aromatic heterocycles. The van der Waals surface area contributed by atoms with Gasteiger partial charge in [0, 0.05) is 17.6 Å². The van der Waals surface area contributed by atoms with Crippen LogP contribution >= 0.6 is 0 Å². The lowest BCUT2D eigenvalue weighted by molar-refractivity contribution is -0.132. The summed E-state index contributed by atoms with van der Waals surface area (Å²) in [4.78, 5) is 10.7. The molecule has 3 heteroatoms. The first-order chi connectivity index (χ1) is 7.45. The van der Waals surface area contributed by atoms with Crippen LogP contribution in [0.2, 0.25) is 0 Å². The molecule has 0 fully saturated rings. The second kappa shape index (κ2) is 4.84. The number of methoxy groups -OCH3 is 1. The van der Waals surface area contributed by atoms with Crippen molar-refractivity contribution in [2.45, 2.75) is 20.3 Å². The molecule has 0 heterocycles. The quantitative estimate of drug-likeness (QED) is 0.793. The standard InChI is InChI=1S/C13H16O3/c1-8-5-9(2)11(12(6-8)16-4)7-10(3)13(14)15/h5-6H,3,7H2,1-2,4H3,(H,14,15). The number of rotatable bonds is 4. The predicted molar refractivity (Wildman–Crippen MR) is 62.9 cm³/mol. The van der Waals surface area contributed by atoms with Crippen LogP contribution in [0.15, 0.2) is 24.3 Å². The average Bonchev–Trinajstić information content (AvgIpc) is 2.21. The summed E-state index contributed by atoms with van der Waals surface area (Å²) in [5.41, 5.74) is 3.18. The predicted octanol–water partition coefficient (Wildman–Crippen LogP) is 2.50. The number of aliphatic carboxylic acids is 1. The minimum Gasteiger partial charge on any atom is -0.496 e. The molecular weight excluding hydrogens is 204 g/mol. The third kappa shape index (κ3) is 2.63. The first-order valence-electron chi connectivity index (χ1n) is 5.01. The summed E-state index contributed by atoms with van der Waals surface area (Å²) < 4.78 is 5.25. The van der Waals surface area contributed by atoms with Gasteiger partial charge in [-0.15, -0.1) is 0 Å². The van der Waals surface area contributed by atoms with Gasteiger partial charge >= 0.3 is 5.97 Å². The highest BCUT2D eigenvalue weighted by atomic mass is 16.5. The summed E-state index contributed by atoms with van der Waals surface area (Å²) in [5, 5.41) is 8.81. The average molecular weight is 220 g/mol.